The minimum absolute atomic E-state index is 0.0224. The first kappa shape index (κ1) is 12.0. The second kappa shape index (κ2) is 4.86. The van der Waals surface area contributed by atoms with Crippen molar-refractivity contribution < 1.29 is 0 Å². The molecule has 2 unspecified atom stereocenters. The highest BCUT2D eigenvalue weighted by molar-refractivity contribution is 4.83. The first-order chi connectivity index (χ1) is 5.40. The van der Waals surface area contributed by atoms with Gasteiger partial charge in [-0.2, -0.15) is 0 Å². The molecular formula is C11H25N. The SMILES string of the molecule is CCCC(C)CC(C)(N)C(C)C. The molecule has 0 aromatic rings. The van der Waals surface area contributed by atoms with Gasteiger partial charge >= 0.3 is 0 Å². The molecule has 0 bridgehead atoms. The molecule has 0 radical (unpaired) electrons. The van der Waals surface area contributed by atoms with Crippen LogP contribution in [0, 0.1) is 11.8 Å². The van der Waals surface area contributed by atoms with Crippen molar-refractivity contribution in [2.45, 2.75) is 59.4 Å². The van der Waals surface area contributed by atoms with Crippen LogP contribution < -0.4 is 5.73 Å². The third-order valence-electron chi connectivity index (χ3n) is 2.89. The topological polar surface area (TPSA) is 26.0 Å². The van der Waals surface area contributed by atoms with Gasteiger partial charge in [-0.15, -0.1) is 0 Å². The largest absolute Gasteiger partial charge is 0.325 e. The van der Waals surface area contributed by atoms with Gasteiger partial charge in [0.2, 0.25) is 0 Å². The Labute approximate surface area is 77.7 Å². The summed E-state index contributed by atoms with van der Waals surface area (Å²) in [6, 6.07) is 0. The molecule has 0 aliphatic heterocycles. The van der Waals surface area contributed by atoms with Crippen LogP contribution in [-0.2, 0) is 0 Å². The highest BCUT2D eigenvalue weighted by atomic mass is 14.7. The van der Waals surface area contributed by atoms with Gasteiger partial charge in [0.25, 0.3) is 0 Å². The van der Waals surface area contributed by atoms with Crippen molar-refractivity contribution in [3.8, 4) is 0 Å². The van der Waals surface area contributed by atoms with Crippen molar-refractivity contribution in [1.29, 1.82) is 0 Å². The van der Waals surface area contributed by atoms with E-state index in [0.717, 1.165) is 12.3 Å². The standard InChI is InChI=1S/C11H25N/c1-6-7-10(4)8-11(5,12)9(2)3/h9-10H,6-8,12H2,1-5H3. The van der Waals surface area contributed by atoms with Crippen LogP contribution in [0.3, 0.4) is 0 Å². The van der Waals surface area contributed by atoms with Crippen LogP contribution >= 0.6 is 0 Å². The molecule has 0 aliphatic carbocycles. The van der Waals surface area contributed by atoms with Crippen LogP contribution in [0.25, 0.3) is 0 Å². The zero-order valence-corrected chi connectivity index (χ0v) is 9.35. The fourth-order valence-corrected chi connectivity index (χ4v) is 1.58. The molecule has 0 fully saturated rings. The van der Waals surface area contributed by atoms with E-state index in [0.29, 0.717) is 5.92 Å². The normalized spacial score (nSPS) is 19.2. The quantitative estimate of drug-likeness (QED) is 0.675. The highest BCUT2D eigenvalue weighted by Crippen LogP contribution is 2.24. The molecule has 1 heteroatoms. The van der Waals surface area contributed by atoms with E-state index in [1.807, 2.05) is 0 Å². The minimum Gasteiger partial charge on any atom is -0.325 e. The van der Waals surface area contributed by atoms with Crippen LogP contribution in [-0.4, -0.2) is 5.54 Å². The van der Waals surface area contributed by atoms with Gasteiger partial charge in [0.05, 0.1) is 0 Å². The molecule has 0 amide bonds. The van der Waals surface area contributed by atoms with Gasteiger partial charge in [-0.3, -0.25) is 0 Å². The molecule has 2 N–H and O–H groups in total. The summed E-state index contributed by atoms with van der Waals surface area (Å²) in [5.41, 5.74) is 6.21. The van der Waals surface area contributed by atoms with Crippen molar-refractivity contribution in [3.63, 3.8) is 0 Å². The second-order valence-electron chi connectivity index (χ2n) is 4.76. The molecule has 74 valence electrons. The Balaban J connectivity index is 3.88. The van der Waals surface area contributed by atoms with E-state index < -0.39 is 0 Å². The molecule has 0 rings (SSSR count). The average molecular weight is 171 g/mol. The van der Waals surface area contributed by atoms with Crippen molar-refractivity contribution in [1.82, 2.24) is 0 Å². The maximum atomic E-state index is 6.19. The van der Waals surface area contributed by atoms with Crippen LogP contribution in [0.4, 0.5) is 0 Å². The Bertz CT molecular complexity index is 116. The lowest BCUT2D eigenvalue weighted by Crippen LogP contribution is -2.43. The molecule has 0 spiro atoms. The van der Waals surface area contributed by atoms with Crippen LogP contribution in [0.1, 0.15) is 53.9 Å². The summed E-state index contributed by atoms with van der Waals surface area (Å²) >= 11 is 0. The van der Waals surface area contributed by atoms with E-state index in [1.165, 1.54) is 12.8 Å². The Morgan fingerprint density at radius 3 is 2.08 bits per heavy atom. The minimum atomic E-state index is 0.0224. The molecular weight excluding hydrogens is 146 g/mol. The third-order valence-corrected chi connectivity index (χ3v) is 2.89. The maximum absolute atomic E-state index is 6.19. The van der Waals surface area contributed by atoms with E-state index in [-0.39, 0.29) is 5.54 Å². The smallest absolute Gasteiger partial charge is 0.0151 e. The van der Waals surface area contributed by atoms with Crippen LogP contribution in [0.5, 0.6) is 0 Å². The highest BCUT2D eigenvalue weighted by Gasteiger charge is 2.24. The summed E-state index contributed by atoms with van der Waals surface area (Å²) in [4.78, 5) is 0. The van der Waals surface area contributed by atoms with E-state index in [4.69, 9.17) is 5.73 Å². The molecule has 1 nitrogen and oxygen atoms in total. The molecule has 0 saturated heterocycles. The lowest BCUT2D eigenvalue weighted by molar-refractivity contribution is 0.264. The number of rotatable bonds is 5. The van der Waals surface area contributed by atoms with Crippen LogP contribution in [0.15, 0.2) is 0 Å². The van der Waals surface area contributed by atoms with Crippen molar-refractivity contribution in [2.75, 3.05) is 0 Å². The van der Waals surface area contributed by atoms with Gasteiger partial charge in [-0.25, -0.2) is 0 Å². The van der Waals surface area contributed by atoms with E-state index in [2.05, 4.69) is 34.6 Å². The Kier molecular flexibility index (Phi) is 4.84. The van der Waals surface area contributed by atoms with Gasteiger partial charge in [0.15, 0.2) is 0 Å². The van der Waals surface area contributed by atoms with E-state index in [1.54, 1.807) is 0 Å². The monoisotopic (exact) mass is 171 g/mol. The molecule has 2 atom stereocenters. The average Bonchev–Trinajstić information content (AvgIpc) is 1.85. The lowest BCUT2D eigenvalue weighted by Gasteiger charge is -2.32. The van der Waals surface area contributed by atoms with Crippen molar-refractivity contribution in [2.24, 2.45) is 17.6 Å². The molecule has 0 saturated carbocycles. The Morgan fingerprint density at radius 2 is 1.75 bits per heavy atom. The van der Waals surface area contributed by atoms with Crippen molar-refractivity contribution >= 4 is 0 Å². The van der Waals surface area contributed by atoms with Gasteiger partial charge in [0, 0.05) is 5.54 Å². The fraction of sp³-hybridized carbons (Fsp3) is 1.00. The summed E-state index contributed by atoms with van der Waals surface area (Å²) < 4.78 is 0. The Morgan fingerprint density at radius 1 is 1.25 bits per heavy atom. The number of hydrogen-bond acceptors (Lipinski definition) is 1. The lowest BCUT2D eigenvalue weighted by atomic mass is 9.80. The molecule has 0 aliphatic rings. The first-order valence-corrected chi connectivity index (χ1v) is 5.19. The summed E-state index contributed by atoms with van der Waals surface area (Å²) in [6.45, 7) is 11.1. The second-order valence-corrected chi connectivity index (χ2v) is 4.76. The predicted octanol–water partition coefficient (Wildman–Crippen LogP) is 3.19. The van der Waals surface area contributed by atoms with Gasteiger partial charge in [-0.05, 0) is 25.2 Å². The zero-order valence-electron chi connectivity index (χ0n) is 9.35. The first-order valence-electron chi connectivity index (χ1n) is 5.19. The summed E-state index contributed by atoms with van der Waals surface area (Å²) in [5, 5.41) is 0. The van der Waals surface area contributed by atoms with Gasteiger partial charge in [-0.1, -0.05) is 40.5 Å². The predicted molar refractivity (Wildman–Crippen MR) is 56.1 cm³/mol. The van der Waals surface area contributed by atoms with Crippen LogP contribution in [0.2, 0.25) is 0 Å². The van der Waals surface area contributed by atoms with E-state index >= 15 is 0 Å². The summed E-state index contributed by atoms with van der Waals surface area (Å²) in [7, 11) is 0. The summed E-state index contributed by atoms with van der Waals surface area (Å²) in [5.74, 6) is 1.35. The van der Waals surface area contributed by atoms with E-state index in [9.17, 15) is 0 Å². The molecule has 0 heterocycles. The fourth-order valence-electron chi connectivity index (χ4n) is 1.58. The maximum Gasteiger partial charge on any atom is 0.0151 e. The number of nitrogens with two attached hydrogens (primary N) is 1. The molecule has 0 aromatic carbocycles. The number of hydrogen-bond donors (Lipinski definition) is 1. The third kappa shape index (κ3) is 4.10. The molecule has 12 heavy (non-hydrogen) atoms. The Hall–Kier alpha value is -0.0400. The van der Waals surface area contributed by atoms with Crippen molar-refractivity contribution in [3.05, 3.63) is 0 Å². The van der Waals surface area contributed by atoms with Gasteiger partial charge < -0.3 is 5.73 Å². The zero-order chi connectivity index (χ0) is 9.78. The molecule has 0 aromatic heterocycles. The van der Waals surface area contributed by atoms with Gasteiger partial charge in [0.1, 0.15) is 0 Å². The summed E-state index contributed by atoms with van der Waals surface area (Å²) in [6.07, 6.45) is 3.73.